The highest BCUT2D eigenvalue weighted by atomic mass is 16.5. The first kappa shape index (κ1) is 19.0. The van der Waals surface area contributed by atoms with Crippen LogP contribution in [-0.4, -0.2) is 31.6 Å². The number of carbonyl (C=O) groups is 3. The minimum Gasteiger partial charge on any atom is -0.496 e. The molecule has 0 heterocycles. The second-order valence-corrected chi connectivity index (χ2v) is 5.50. The van der Waals surface area contributed by atoms with Gasteiger partial charge in [0.1, 0.15) is 11.3 Å². The van der Waals surface area contributed by atoms with Crippen molar-refractivity contribution in [2.45, 2.75) is 13.5 Å². The van der Waals surface area contributed by atoms with Crippen LogP contribution >= 0.6 is 0 Å². The molecule has 0 unspecified atom stereocenters. The molecule has 0 atom stereocenters. The molecule has 0 aliphatic carbocycles. The lowest BCUT2D eigenvalue weighted by Gasteiger charge is -2.10. The van der Waals surface area contributed by atoms with Crippen molar-refractivity contribution in [2.24, 2.45) is 0 Å². The van der Waals surface area contributed by atoms with E-state index in [0.29, 0.717) is 5.75 Å². The van der Waals surface area contributed by atoms with Crippen molar-refractivity contribution in [3.05, 3.63) is 65.2 Å². The van der Waals surface area contributed by atoms with Crippen molar-refractivity contribution in [1.82, 2.24) is 10.6 Å². The van der Waals surface area contributed by atoms with E-state index in [9.17, 15) is 14.4 Å². The maximum Gasteiger partial charge on any atom is 0.342 e. The maximum absolute atomic E-state index is 12.1. The number of benzene rings is 2. The largest absolute Gasteiger partial charge is 0.496 e. The first-order valence-electron chi connectivity index (χ1n) is 7.93. The fraction of sp³-hybridized carbons (Fsp3) is 0.211. The highest BCUT2D eigenvalue weighted by molar-refractivity contribution is 5.97. The Hall–Kier alpha value is -3.35. The Morgan fingerprint density at radius 3 is 2.46 bits per heavy atom. The Labute approximate surface area is 151 Å². The minimum absolute atomic E-state index is 0.217. The summed E-state index contributed by atoms with van der Waals surface area (Å²) in [5, 5.41) is 4.64. The van der Waals surface area contributed by atoms with Gasteiger partial charge in [-0.2, -0.15) is 0 Å². The van der Waals surface area contributed by atoms with Gasteiger partial charge in [0.15, 0.2) is 6.61 Å². The molecule has 0 aliphatic rings. The first-order chi connectivity index (χ1) is 12.5. The van der Waals surface area contributed by atoms with E-state index < -0.39 is 24.5 Å². The zero-order valence-electron chi connectivity index (χ0n) is 14.6. The van der Waals surface area contributed by atoms with Gasteiger partial charge in [-0.25, -0.2) is 9.59 Å². The van der Waals surface area contributed by atoms with Crippen molar-refractivity contribution >= 4 is 17.9 Å². The summed E-state index contributed by atoms with van der Waals surface area (Å²) in [6.45, 7) is 1.52. The van der Waals surface area contributed by atoms with Gasteiger partial charge < -0.3 is 14.8 Å². The van der Waals surface area contributed by atoms with Crippen LogP contribution in [0, 0.1) is 6.92 Å². The van der Waals surface area contributed by atoms with Gasteiger partial charge in [0.05, 0.1) is 7.11 Å². The number of hydrogen-bond donors (Lipinski definition) is 2. The van der Waals surface area contributed by atoms with Crippen LogP contribution in [0.25, 0.3) is 0 Å². The van der Waals surface area contributed by atoms with Crippen molar-refractivity contribution in [3.63, 3.8) is 0 Å². The molecule has 0 aromatic heterocycles. The maximum atomic E-state index is 12.1. The molecular formula is C19H20N2O5. The second kappa shape index (κ2) is 9.22. The lowest BCUT2D eigenvalue weighted by molar-refractivity contribution is -0.123. The highest BCUT2D eigenvalue weighted by Crippen LogP contribution is 2.20. The van der Waals surface area contributed by atoms with Crippen molar-refractivity contribution in [3.8, 4) is 5.75 Å². The standard InChI is InChI=1S/C19H20N2O5/c1-13-8-9-16(25-2)15(10-13)18(23)26-12-17(22)21-19(24)20-11-14-6-4-3-5-7-14/h3-10H,11-12H2,1-2H3,(H2,20,21,22,24). The molecule has 0 radical (unpaired) electrons. The molecule has 136 valence electrons. The molecule has 0 fully saturated rings. The summed E-state index contributed by atoms with van der Waals surface area (Å²) in [5.74, 6) is -1.08. The smallest absolute Gasteiger partial charge is 0.342 e. The molecule has 2 rings (SSSR count). The lowest BCUT2D eigenvalue weighted by atomic mass is 10.1. The molecule has 2 aromatic rings. The van der Waals surface area contributed by atoms with E-state index in [1.165, 1.54) is 7.11 Å². The van der Waals surface area contributed by atoms with Gasteiger partial charge in [-0.1, -0.05) is 42.0 Å². The number of urea groups is 1. The summed E-state index contributed by atoms with van der Waals surface area (Å²) in [5.41, 5.74) is 1.96. The van der Waals surface area contributed by atoms with E-state index in [-0.39, 0.29) is 12.1 Å². The van der Waals surface area contributed by atoms with E-state index in [4.69, 9.17) is 9.47 Å². The monoisotopic (exact) mass is 356 g/mol. The van der Waals surface area contributed by atoms with Crippen LogP contribution in [0.3, 0.4) is 0 Å². The van der Waals surface area contributed by atoms with Crippen molar-refractivity contribution in [1.29, 1.82) is 0 Å². The highest BCUT2D eigenvalue weighted by Gasteiger charge is 2.16. The van der Waals surface area contributed by atoms with Gasteiger partial charge >= 0.3 is 12.0 Å². The summed E-state index contributed by atoms with van der Waals surface area (Å²) < 4.78 is 10.0. The molecule has 3 amide bonds. The second-order valence-electron chi connectivity index (χ2n) is 5.50. The number of hydrogen-bond acceptors (Lipinski definition) is 5. The zero-order valence-corrected chi connectivity index (χ0v) is 14.6. The third-order valence-corrected chi connectivity index (χ3v) is 3.46. The predicted molar refractivity (Wildman–Crippen MR) is 94.8 cm³/mol. The number of amides is 3. The average Bonchev–Trinajstić information content (AvgIpc) is 2.65. The number of carbonyl (C=O) groups excluding carboxylic acids is 3. The van der Waals surface area contributed by atoms with Crippen molar-refractivity contribution < 1.29 is 23.9 Å². The van der Waals surface area contributed by atoms with Crippen LogP contribution in [0.2, 0.25) is 0 Å². The van der Waals surface area contributed by atoms with Crippen LogP contribution in [0.1, 0.15) is 21.5 Å². The molecule has 7 heteroatoms. The molecule has 0 bridgehead atoms. The van der Waals surface area contributed by atoms with Crippen LogP contribution in [0.4, 0.5) is 4.79 Å². The molecule has 0 spiro atoms. The number of ether oxygens (including phenoxy) is 2. The Kier molecular flexibility index (Phi) is 6.73. The average molecular weight is 356 g/mol. The fourth-order valence-corrected chi connectivity index (χ4v) is 2.18. The van der Waals surface area contributed by atoms with Gasteiger partial charge in [-0.05, 0) is 24.6 Å². The third kappa shape index (κ3) is 5.62. The summed E-state index contributed by atoms with van der Waals surface area (Å²) in [7, 11) is 1.44. The molecule has 26 heavy (non-hydrogen) atoms. The topological polar surface area (TPSA) is 93.7 Å². The van der Waals surface area contributed by atoms with Gasteiger partial charge in [0.2, 0.25) is 0 Å². The van der Waals surface area contributed by atoms with E-state index in [0.717, 1.165) is 11.1 Å². The van der Waals surface area contributed by atoms with Crippen molar-refractivity contribution in [2.75, 3.05) is 13.7 Å². The predicted octanol–water partition coefficient (Wildman–Crippen LogP) is 2.19. The number of nitrogens with one attached hydrogen (secondary N) is 2. The summed E-state index contributed by atoms with van der Waals surface area (Å²) in [4.78, 5) is 35.5. The normalized spacial score (nSPS) is 9.92. The van der Waals surface area contributed by atoms with Gasteiger partial charge in [-0.15, -0.1) is 0 Å². The first-order valence-corrected chi connectivity index (χ1v) is 7.93. The fourth-order valence-electron chi connectivity index (χ4n) is 2.18. The third-order valence-electron chi connectivity index (χ3n) is 3.46. The van der Waals surface area contributed by atoms with E-state index in [1.807, 2.05) is 37.3 Å². The SMILES string of the molecule is COc1ccc(C)cc1C(=O)OCC(=O)NC(=O)NCc1ccccc1. The Morgan fingerprint density at radius 1 is 1.04 bits per heavy atom. The van der Waals surface area contributed by atoms with Crippen LogP contribution < -0.4 is 15.4 Å². The zero-order chi connectivity index (χ0) is 18.9. The summed E-state index contributed by atoms with van der Waals surface area (Å²) in [6.07, 6.45) is 0. The van der Waals surface area contributed by atoms with Crippen LogP contribution in [0.15, 0.2) is 48.5 Å². The summed E-state index contributed by atoms with van der Waals surface area (Å²) >= 11 is 0. The van der Waals surface area contributed by atoms with Gasteiger partial charge in [0.25, 0.3) is 5.91 Å². The molecule has 0 saturated carbocycles. The molecule has 2 N–H and O–H groups in total. The quantitative estimate of drug-likeness (QED) is 0.774. The lowest BCUT2D eigenvalue weighted by Crippen LogP contribution is -2.41. The van der Waals surface area contributed by atoms with Crippen LogP contribution in [0.5, 0.6) is 5.75 Å². The molecule has 0 aliphatic heterocycles. The number of imide groups is 1. The van der Waals surface area contributed by atoms with Crippen LogP contribution in [-0.2, 0) is 16.1 Å². The van der Waals surface area contributed by atoms with Gasteiger partial charge in [-0.3, -0.25) is 10.1 Å². The molecule has 2 aromatic carbocycles. The number of methoxy groups -OCH3 is 1. The van der Waals surface area contributed by atoms with Gasteiger partial charge in [0, 0.05) is 6.54 Å². The Bertz CT molecular complexity index is 790. The molecule has 0 saturated heterocycles. The Balaban J connectivity index is 1.80. The number of aryl methyl sites for hydroxylation is 1. The molecule has 7 nitrogen and oxygen atoms in total. The van der Waals surface area contributed by atoms with E-state index >= 15 is 0 Å². The Morgan fingerprint density at radius 2 is 1.77 bits per heavy atom. The molecular weight excluding hydrogens is 336 g/mol. The number of rotatable bonds is 6. The van der Waals surface area contributed by atoms with E-state index in [2.05, 4.69) is 10.6 Å². The summed E-state index contributed by atoms with van der Waals surface area (Å²) in [6, 6.07) is 13.6. The van der Waals surface area contributed by atoms with E-state index in [1.54, 1.807) is 18.2 Å². The number of esters is 1. The minimum atomic E-state index is -0.726.